The predicted octanol–water partition coefficient (Wildman–Crippen LogP) is 0.389. The number of amides is 1. The van der Waals surface area contributed by atoms with Gasteiger partial charge in [0.1, 0.15) is 5.88 Å². The SMILES string of the molecule is CC1(C)OB(c2cnc(S(=O)(=O)C3CCN(C(=O)CCl)C3)nc2)OC1(C)C. The molecule has 1 amide bonds. The van der Waals surface area contributed by atoms with E-state index in [9.17, 15) is 13.2 Å². The summed E-state index contributed by atoms with van der Waals surface area (Å²) in [7, 11) is -4.40. The van der Waals surface area contributed by atoms with Crippen LogP contribution in [0.25, 0.3) is 0 Å². The van der Waals surface area contributed by atoms with Gasteiger partial charge in [-0.05, 0) is 34.1 Å². The lowest BCUT2D eigenvalue weighted by atomic mass is 9.81. The van der Waals surface area contributed by atoms with Crippen LogP contribution in [-0.2, 0) is 23.9 Å². The fourth-order valence-corrected chi connectivity index (χ4v) is 4.67. The van der Waals surface area contributed by atoms with Crippen molar-refractivity contribution in [2.45, 2.75) is 55.7 Å². The van der Waals surface area contributed by atoms with Crippen LogP contribution in [0.4, 0.5) is 0 Å². The van der Waals surface area contributed by atoms with Crippen LogP contribution in [0.5, 0.6) is 0 Å². The normalized spacial score (nSPS) is 24.4. The Hall–Kier alpha value is -1.23. The number of aromatic nitrogens is 2. The molecular weight excluding hydrogens is 393 g/mol. The zero-order chi connectivity index (χ0) is 20.0. The number of likely N-dealkylation sites (tertiary alicyclic amines) is 1. The summed E-state index contributed by atoms with van der Waals surface area (Å²) in [6, 6.07) is 0. The maximum atomic E-state index is 12.8. The fourth-order valence-electron chi connectivity index (χ4n) is 3.02. The second-order valence-electron chi connectivity index (χ2n) is 7.82. The van der Waals surface area contributed by atoms with Gasteiger partial charge in [-0.25, -0.2) is 18.4 Å². The van der Waals surface area contributed by atoms with Crippen molar-refractivity contribution < 1.29 is 22.5 Å². The minimum atomic E-state index is -3.74. The summed E-state index contributed by atoms with van der Waals surface area (Å²) in [5, 5.41) is -0.986. The Kier molecular flexibility index (Phi) is 5.31. The van der Waals surface area contributed by atoms with E-state index < -0.39 is 33.4 Å². The number of carbonyl (C=O) groups excluding carboxylic acids is 1. The molecule has 3 rings (SSSR count). The Morgan fingerprint density at radius 1 is 1.26 bits per heavy atom. The van der Waals surface area contributed by atoms with Gasteiger partial charge in [0.25, 0.3) is 0 Å². The van der Waals surface area contributed by atoms with Crippen LogP contribution in [0, 0.1) is 0 Å². The highest BCUT2D eigenvalue weighted by Gasteiger charge is 2.52. The van der Waals surface area contributed by atoms with Crippen molar-refractivity contribution in [1.29, 1.82) is 0 Å². The lowest BCUT2D eigenvalue weighted by Gasteiger charge is -2.32. The first-order valence-electron chi connectivity index (χ1n) is 8.73. The molecule has 8 nitrogen and oxygen atoms in total. The highest BCUT2D eigenvalue weighted by molar-refractivity contribution is 7.91. The van der Waals surface area contributed by atoms with Crippen LogP contribution in [0.2, 0.25) is 0 Å². The number of hydrogen-bond donors (Lipinski definition) is 0. The topological polar surface area (TPSA) is 98.7 Å². The fraction of sp³-hybridized carbons (Fsp3) is 0.688. The van der Waals surface area contributed by atoms with Crippen molar-refractivity contribution in [2.75, 3.05) is 19.0 Å². The summed E-state index contributed by atoms with van der Waals surface area (Å²) in [6.07, 6.45) is 3.17. The van der Waals surface area contributed by atoms with E-state index in [1.54, 1.807) is 0 Å². The standard InChI is InChI=1S/C16H23BClN3O5S/c1-15(2)16(3,4)26-17(25-15)11-8-19-14(20-9-11)27(23,24)12-5-6-21(10-12)13(22)7-18/h8-9,12H,5-7,10H2,1-4H3. The largest absolute Gasteiger partial charge is 0.498 e. The third kappa shape index (κ3) is 3.72. The van der Waals surface area contributed by atoms with Gasteiger partial charge in [-0.15, -0.1) is 11.6 Å². The first kappa shape index (κ1) is 20.5. The molecular formula is C16H23BClN3O5S. The highest BCUT2D eigenvalue weighted by Crippen LogP contribution is 2.36. The Balaban J connectivity index is 1.75. The second kappa shape index (κ2) is 6.99. The molecule has 1 aromatic rings. The van der Waals surface area contributed by atoms with Crippen molar-refractivity contribution >= 4 is 39.9 Å². The summed E-state index contributed by atoms with van der Waals surface area (Å²) < 4.78 is 37.4. The third-order valence-corrected chi connectivity index (χ3v) is 7.69. The van der Waals surface area contributed by atoms with Gasteiger partial charge in [0, 0.05) is 30.9 Å². The smallest absolute Gasteiger partial charge is 0.399 e. The van der Waals surface area contributed by atoms with Crippen LogP contribution in [0.15, 0.2) is 17.6 Å². The van der Waals surface area contributed by atoms with Crippen LogP contribution in [0.1, 0.15) is 34.1 Å². The summed E-state index contributed by atoms with van der Waals surface area (Å²) >= 11 is 5.54. The lowest BCUT2D eigenvalue weighted by Crippen LogP contribution is -2.41. The molecule has 2 aliphatic rings. The monoisotopic (exact) mass is 415 g/mol. The zero-order valence-corrected chi connectivity index (χ0v) is 17.4. The van der Waals surface area contributed by atoms with E-state index in [1.165, 1.54) is 17.3 Å². The van der Waals surface area contributed by atoms with E-state index >= 15 is 0 Å². The molecule has 11 heteroatoms. The average Bonchev–Trinajstić information content (AvgIpc) is 3.18. The van der Waals surface area contributed by atoms with Gasteiger partial charge in [-0.1, -0.05) is 0 Å². The van der Waals surface area contributed by atoms with Crippen LogP contribution >= 0.6 is 11.6 Å². The third-order valence-electron chi connectivity index (χ3n) is 5.48. The quantitative estimate of drug-likeness (QED) is 0.398. The number of hydrogen-bond acceptors (Lipinski definition) is 7. The predicted molar refractivity (Wildman–Crippen MR) is 101 cm³/mol. The second-order valence-corrected chi connectivity index (χ2v) is 10.2. The molecule has 3 heterocycles. The molecule has 0 saturated carbocycles. The molecule has 2 saturated heterocycles. The van der Waals surface area contributed by atoms with Crippen molar-refractivity contribution in [2.24, 2.45) is 0 Å². The molecule has 1 unspecified atom stereocenters. The first-order valence-corrected chi connectivity index (χ1v) is 10.8. The minimum Gasteiger partial charge on any atom is -0.399 e. The number of alkyl halides is 1. The number of rotatable bonds is 4. The highest BCUT2D eigenvalue weighted by atomic mass is 35.5. The average molecular weight is 416 g/mol. The van der Waals surface area contributed by atoms with E-state index in [4.69, 9.17) is 20.9 Å². The zero-order valence-electron chi connectivity index (χ0n) is 15.8. The number of sulfone groups is 1. The molecule has 1 aromatic heterocycles. The molecule has 2 fully saturated rings. The van der Waals surface area contributed by atoms with E-state index in [-0.39, 0.29) is 23.5 Å². The van der Waals surface area contributed by atoms with Gasteiger partial charge >= 0.3 is 7.12 Å². The summed E-state index contributed by atoms with van der Waals surface area (Å²) in [6.45, 7) is 8.19. The van der Waals surface area contributed by atoms with Crippen molar-refractivity contribution in [3.63, 3.8) is 0 Å². The van der Waals surface area contributed by atoms with Gasteiger partial charge in [0.2, 0.25) is 20.9 Å². The number of carbonyl (C=O) groups is 1. The summed E-state index contributed by atoms with van der Waals surface area (Å²) in [5.41, 5.74) is -0.465. The van der Waals surface area contributed by atoms with Crippen LogP contribution in [-0.4, -0.2) is 71.7 Å². The van der Waals surface area contributed by atoms with Gasteiger partial charge in [0.05, 0.1) is 16.5 Å². The summed E-state index contributed by atoms with van der Waals surface area (Å²) in [5.74, 6) is -0.433. The molecule has 0 N–H and O–H groups in total. The van der Waals surface area contributed by atoms with Gasteiger partial charge in [-0.2, -0.15) is 0 Å². The maximum Gasteiger partial charge on any atom is 0.498 e. The Labute approximate surface area is 164 Å². The van der Waals surface area contributed by atoms with Crippen molar-refractivity contribution in [1.82, 2.24) is 14.9 Å². The Morgan fingerprint density at radius 3 is 2.33 bits per heavy atom. The lowest BCUT2D eigenvalue weighted by molar-refractivity contribution is -0.127. The van der Waals surface area contributed by atoms with Crippen LogP contribution in [0.3, 0.4) is 0 Å². The molecule has 1 atom stereocenters. The Morgan fingerprint density at radius 2 is 1.81 bits per heavy atom. The molecule has 0 aromatic carbocycles. The Bertz CT molecular complexity index is 815. The molecule has 0 spiro atoms. The van der Waals surface area contributed by atoms with E-state index in [0.29, 0.717) is 18.4 Å². The van der Waals surface area contributed by atoms with Gasteiger partial charge < -0.3 is 14.2 Å². The molecule has 0 bridgehead atoms. The maximum absolute atomic E-state index is 12.8. The number of nitrogens with zero attached hydrogens (tertiary/aromatic N) is 3. The van der Waals surface area contributed by atoms with Gasteiger partial charge in [0.15, 0.2) is 0 Å². The van der Waals surface area contributed by atoms with E-state index in [0.717, 1.165) is 0 Å². The number of halogens is 1. The first-order chi connectivity index (χ1) is 12.5. The van der Waals surface area contributed by atoms with Crippen LogP contribution < -0.4 is 5.46 Å². The molecule has 0 radical (unpaired) electrons. The molecule has 0 aliphatic carbocycles. The molecule has 148 valence electrons. The van der Waals surface area contributed by atoms with E-state index in [2.05, 4.69) is 9.97 Å². The minimum absolute atomic E-state index is 0.107. The molecule has 2 aliphatic heterocycles. The van der Waals surface area contributed by atoms with Crippen molar-refractivity contribution in [3.05, 3.63) is 12.4 Å². The van der Waals surface area contributed by atoms with Gasteiger partial charge in [-0.3, -0.25) is 4.79 Å². The summed E-state index contributed by atoms with van der Waals surface area (Å²) in [4.78, 5) is 21.2. The van der Waals surface area contributed by atoms with E-state index in [1.807, 2.05) is 27.7 Å². The van der Waals surface area contributed by atoms with Crippen molar-refractivity contribution in [3.8, 4) is 0 Å². The molecule has 27 heavy (non-hydrogen) atoms.